The van der Waals surface area contributed by atoms with Crippen molar-refractivity contribution in [3.05, 3.63) is 51.8 Å². The Morgan fingerprint density at radius 3 is 2.50 bits per heavy atom. The minimum absolute atomic E-state index is 0.0146. The zero-order valence-corrected chi connectivity index (χ0v) is 21.1. The van der Waals surface area contributed by atoms with Gasteiger partial charge in [0.15, 0.2) is 17.4 Å². The van der Waals surface area contributed by atoms with Crippen molar-refractivity contribution in [1.82, 2.24) is 15.7 Å². The molecule has 4 amide bonds. The Morgan fingerprint density at radius 1 is 1.12 bits per heavy atom. The Balaban J connectivity index is 1.34. The fourth-order valence-corrected chi connectivity index (χ4v) is 4.05. The molecule has 0 radical (unpaired) electrons. The number of carbonyl (C=O) groups is 4. The van der Waals surface area contributed by atoms with Crippen LogP contribution < -0.4 is 20.4 Å². The lowest BCUT2D eigenvalue weighted by atomic mass is 10.2. The summed E-state index contributed by atoms with van der Waals surface area (Å²) >= 11 is 0. The highest BCUT2D eigenvalue weighted by molar-refractivity contribution is 5.94. The topological polar surface area (TPSA) is 177 Å². The Hall–Kier alpha value is -4.80. The van der Waals surface area contributed by atoms with Crippen LogP contribution in [0.4, 0.5) is 30.8 Å². The highest BCUT2D eigenvalue weighted by atomic mass is 19.1. The summed E-state index contributed by atoms with van der Waals surface area (Å²) in [6, 6.07) is 4.06. The molecule has 17 heteroatoms. The second kappa shape index (κ2) is 11.9. The molecule has 2 N–H and O–H groups in total. The van der Waals surface area contributed by atoms with Gasteiger partial charge in [0.2, 0.25) is 5.91 Å². The summed E-state index contributed by atoms with van der Waals surface area (Å²) in [5.41, 5.74) is -0.439. The molecule has 214 valence electrons. The second-order valence-electron chi connectivity index (χ2n) is 8.71. The third-order valence-electron chi connectivity index (χ3n) is 5.94. The molecule has 1 aromatic heterocycles. The minimum Gasteiger partial charge on any atom is -0.442 e. The summed E-state index contributed by atoms with van der Waals surface area (Å²) in [6.45, 7) is 0.584. The number of hydrogen-bond donors (Lipinski definition) is 2. The highest BCUT2D eigenvalue weighted by Gasteiger charge is 2.34. The third-order valence-corrected chi connectivity index (χ3v) is 5.94. The van der Waals surface area contributed by atoms with E-state index >= 15 is 8.78 Å². The largest absolute Gasteiger partial charge is 0.442 e. The molecule has 2 fully saturated rings. The summed E-state index contributed by atoms with van der Waals surface area (Å²) in [5.74, 6) is -4.74. The van der Waals surface area contributed by atoms with Crippen molar-refractivity contribution in [1.29, 1.82) is 0 Å². The minimum atomic E-state index is -0.951. The van der Waals surface area contributed by atoms with Crippen LogP contribution in [0.1, 0.15) is 17.5 Å². The van der Waals surface area contributed by atoms with E-state index in [2.05, 4.69) is 10.6 Å². The van der Waals surface area contributed by atoms with E-state index in [4.69, 9.17) is 14.0 Å². The summed E-state index contributed by atoms with van der Waals surface area (Å²) in [5, 5.41) is 16.4. The van der Waals surface area contributed by atoms with Crippen LogP contribution in [0.3, 0.4) is 0 Å². The van der Waals surface area contributed by atoms with Gasteiger partial charge in [0, 0.05) is 32.1 Å². The van der Waals surface area contributed by atoms with Crippen LogP contribution in [-0.4, -0.2) is 85.8 Å². The molecule has 2 aliphatic heterocycles. The molecular formula is C23H24F2N6O9. The van der Waals surface area contributed by atoms with E-state index in [-0.39, 0.29) is 62.4 Å². The number of anilines is 2. The first-order valence-electron chi connectivity index (χ1n) is 12.0. The van der Waals surface area contributed by atoms with Crippen molar-refractivity contribution in [2.45, 2.75) is 13.0 Å². The van der Waals surface area contributed by atoms with E-state index in [0.29, 0.717) is 0 Å². The van der Waals surface area contributed by atoms with E-state index in [1.165, 1.54) is 11.8 Å². The summed E-state index contributed by atoms with van der Waals surface area (Å²) in [4.78, 5) is 65.5. The summed E-state index contributed by atoms with van der Waals surface area (Å²) in [7, 11) is 0. The number of carbonyl (C=O) groups excluding carboxylic acids is 4. The van der Waals surface area contributed by atoms with Crippen LogP contribution in [0.5, 0.6) is 0 Å². The third kappa shape index (κ3) is 6.42. The van der Waals surface area contributed by atoms with Crippen LogP contribution in [-0.2, 0) is 19.2 Å². The van der Waals surface area contributed by atoms with Crippen LogP contribution in [0.15, 0.2) is 28.7 Å². The predicted octanol–water partition coefficient (Wildman–Crippen LogP) is 0.937. The highest BCUT2D eigenvalue weighted by Crippen LogP contribution is 2.31. The molecule has 0 unspecified atom stereocenters. The van der Waals surface area contributed by atoms with E-state index in [1.807, 2.05) is 0 Å². The Labute approximate surface area is 224 Å². The van der Waals surface area contributed by atoms with E-state index < -0.39 is 53.0 Å². The first-order chi connectivity index (χ1) is 19.0. The van der Waals surface area contributed by atoms with Gasteiger partial charge >= 0.3 is 12.0 Å². The number of halogens is 2. The number of nitrogens with one attached hydrogen (secondary N) is 2. The first kappa shape index (κ1) is 28.2. The van der Waals surface area contributed by atoms with Gasteiger partial charge in [-0.15, -0.1) is 0 Å². The van der Waals surface area contributed by atoms with Crippen LogP contribution in [0.2, 0.25) is 0 Å². The molecule has 2 saturated heterocycles. The van der Waals surface area contributed by atoms with Gasteiger partial charge in [0.05, 0.1) is 44.5 Å². The fourth-order valence-electron chi connectivity index (χ4n) is 4.05. The zero-order chi connectivity index (χ0) is 29.0. The van der Waals surface area contributed by atoms with Gasteiger partial charge in [-0.05, 0) is 6.07 Å². The maximum atomic E-state index is 15.1. The second-order valence-corrected chi connectivity index (χ2v) is 8.71. The van der Waals surface area contributed by atoms with Gasteiger partial charge in [0.25, 0.3) is 11.8 Å². The van der Waals surface area contributed by atoms with Crippen LogP contribution in [0, 0.1) is 21.7 Å². The normalized spacial score (nSPS) is 17.3. The van der Waals surface area contributed by atoms with E-state index in [1.54, 1.807) is 0 Å². The molecular weight excluding hydrogens is 542 g/mol. The van der Waals surface area contributed by atoms with Crippen molar-refractivity contribution in [2.75, 3.05) is 55.7 Å². The average Bonchev–Trinajstić information content (AvgIpc) is 3.47. The number of ether oxygens (including phenoxy) is 1. The molecule has 1 aromatic carbocycles. The lowest BCUT2D eigenvalue weighted by Gasteiger charge is -2.24. The summed E-state index contributed by atoms with van der Waals surface area (Å²) in [6.07, 6.45) is -1.49. The SMILES string of the molecule is CC(=O)NC[C@H]1CN(c2cc(F)c(N3CCON(C(=O)CNC(=O)c4ccc([N+](=O)[O-])o4)CC3)c(F)c2)C(=O)O1. The molecule has 3 heterocycles. The first-order valence-corrected chi connectivity index (χ1v) is 12.0. The number of amides is 4. The lowest BCUT2D eigenvalue weighted by molar-refractivity contribution is -0.402. The fraction of sp³-hybridized carbons (Fsp3) is 0.391. The van der Waals surface area contributed by atoms with Crippen LogP contribution >= 0.6 is 0 Å². The molecule has 4 rings (SSSR count). The van der Waals surface area contributed by atoms with Gasteiger partial charge in [0.1, 0.15) is 16.7 Å². The number of hydrogen-bond acceptors (Lipinski definition) is 10. The number of cyclic esters (lactones) is 1. The number of hydroxylamine groups is 2. The molecule has 0 aliphatic carbocycles. The van der Waals surface area contributed by atoms with Crippen LogP contribution in [0.25, 0.3) is 0 Å². The average molecular weight is 566 g/mol. The molecule has 1 atom stereocenters. The van der Waals surface area contributed by atoms with Gasteiger partial charge in [-0.3, -0.25) is 34.2 Å². The maximum absolute atomic E-state index is 15.1. The standard InChI is InChI=1S/C23H24F2N6O9/c1-13(32)26-10-15-12-29(23(35)39-15)14-8-16(24)21(17(25)9-14)28-4-5-30(38-7-6-28)19(33)11-27-22(34)18-2-3-20(40-18)31(36)37/h2-3,8-9,15H,4-7,10-12H2,1H3,(H,26,32)(H,27,34)/t15-/m0/s1. The Kier molecular flexibility index (Phi) is 8.42. The Bertz CT molecular complexity index is 1310. The van der Waals surface area contributed by atoms with Gasteiger partial charge in [-0.2, -0.15) is 0 Å². The number of nitro groups is 1. The monoisotopic (exact) mass is 566 g/mol. The van der Waals surface area contributed by atoms with Gasteiger partial charge in [-0.25, -0.2) is 18.6 Å². The molecule has 15 nitrogen and oxygen atoms in total. The lowest BCUT2D eigenvalue weighted by Crippen LogP contribution is -2.41. The number of nitrogens with zero attached hydrogens (tertiary/aromatic N) is 4. The Morgan fingerprint density at radius 2 is 1.85 bits per heavy atom. The molecule has 0 spiro atoms. The maximum Gasteiger partial charge on any atom is 0.433 e. The van der Waals surface area contributed by atoms with Gasteiger partial charge in [-0.1, -0.05) is 0 Å². The molecule has 0 saturated carbocycles. The van der Waals surface area contributed by atoms with E-state index in [9.17, 15) is 29.3 Å². The number of benzene rings is 1. The summed E-state index contributed by atoms with van der Waals surface area (Å²) < 4.78 is 40.1. The van der Waals surface area contributed by atoms with Crippen molar-refractivity contribution in [3.63, 3.8) is 0 Å². The van der Waals surface area contributed by atoms with Gasteiger partial charge < -0.3 is 24.7 Å². The molecule has 40 heavy (non-hydrogen) atoms. The van der Waals surface area contributed by atoms with Crippen molar-refractivity contribution in [2.24, 2.45) is 0 Å². The number of rotatable bonds is 8. The quantitative estimate of drug-likeness (QED) is 0.345. The van der Waals surface area contributed by atoms with Crippen molar-refractivity contribution in [3.8, 4) is 0 Å². The van der Waals surface area contributed by atoms with Crippen molar-refractivity contribution < 1.29 is 46.9 Å². The molecule has 2 aliphatic rings. The molecule has 0 bridgehead atoms. The predicted molar refractivity (Wildman–Crippen MR) is 130 cm³/mol. The number of furan rings is 1. The van der Waals surface area contributed by atoms with Crippen molar-refractivity contribution >= 4 is 41.1 Å². The molecule has 2 aromatic rings. The zero-order valence-electron chi connectivity index (χ0n) is 21.1. The smallest absolute Gasteiger partial charge is 0.433 e. The van der Waals surface area contributed by atoms with E-state index in [0.717, 1.165) is 34.2 Å².